The molecule has 0 radical (unpaired) electrons. The van der Waals surface area contributed by atoms with E-state index >= 15 is 0 Å². The zero-order valence-corrected chi connectivity index (χ0v) is 13.5. The number of para-hydroxylation sites is 1. The number of carbonyl (C=O) groups is 2. The molecule has 5 nitrogen and oxygen atoms in total. The van der Waals surface area contributed by atoms with Crippen LogP contribution in [-0.2, 0) is 4.79 Å². The molecule has 1 heterocycles. The van der Waals surface area contributed by atoms with E-state index in [-0.39, 0.29) is 5.91 Å². The third-order valence-corrected chi connectivity index (χ3v) is 4.18. The Labute approximate surface area is 144 Å². The van der Waals surface area contributed by atoms with Crippen molar-refractivity contribution in [3.63, 3.8) is 0 Å². The van der Waals surface area contributed by atoms with Crippen LogP contribution in [0, 0.1) is 5.92 Å². The maximum atomic E-state index is 12.8. The molecule has 3 N–H and O–H groups in total. The van der Waals surface area contributed by atoms with Gasteiger partial charge in [0.2, 0.25) is 5.91 Å². The van der Waals surface area contributed by atoms with E-state index < -0.39 is 18.0 Å². The summed E-state index contributed by atoms with van der Waals surface area (Å²) in [5.74, 6) is -0.966. The normalized spacial score (nSPS) is 20.0. The monoisotopic (exact) mass is 341 g/mol. The Balaban J connectivity index is 1.92. The average molecular weight is 342 g/mol. The molecule has 1 saturated heterocycles. The van der Waals surface area contributed by atoms with Crippen molar-refractivity contribution in [2.45, 2.75) is 6.04 Å². The quantitative estimate of drug-likeness (QED) is 0.800. The summed E-state index contributed by atoms with van der Waals surface area (Å²) in [4.78, 5) is 24.6. The number of hydrogen-bond acceptors (Lipinski definition) is 2. The van der Waals surface area contributed by atoms with Crippen molar-refractivity contribution in [2.24, 2.45) is 5.92 Å². The molecule has 0 aromatic heterocycles. The number of nitrogens with one attached hydrogen (secondary N) is 3. The van der Waals surface area contributed by atoms with Crippen LogP contribution >= 0.6 is 11.6 Å². The van der Waals surface area contributed by atoms with Crippen LogP contribution in [-0.4, -0.2) is 11.9 Å². The van der Waals surface area contributed by atoms with E-state index in [4.69, 9.17) is 11.6 Å². The SMILES string of the molecule is C=C1NC(=O)NC(c2ccccc2Cl)C1C(=O)Nc1ccccc1. The van der Waals surface area contributed by atoms with Crippen molar-refractivity contribution in [1.82, 2.24) is 10.6 Å². The number of anilines is 1. The molecule has 3 amide bonds. The number of hydrogen-bond donors (Lipinski definition) is 3. The highest BCUT2D eigenvalue weighted by Gasteiger charge is 2.38. The molecule has 6 heteroatoms. The van der Waals surface area contributed by atoms with Crippen LogP contribution in [0.1, 0.15) is 11.6 Å². The molecular formula is C18H16ClN3O2. The fraction of sp³-hybridized carbons (Fsp3) is 0.111. The van der Waals surface area contributed by atoms with Gasteiger partial charge in [0.15, 0.2) is 0 Å². The molecule has 3 rings (SSSR count). The minimum atomic E-state index is -0.692. The molecule has 1 fully saturated rings. The smallest absolute Gasteiger partial charge is 0.319 e. The van der Waals surface area contributed by atoms with Crippen LogP contribution < -0.4 is 16.0 Å². The summed E-state index contributed by atoms with van der Waals surface area (Å²) in [6.07, 6.45) is 0. The van der Waals surface area contributed by atoms with Crippen molar-refractivity contribution >= 4 is 29.2 Å². The van der Waals surface area contributed by atoms with Gasteiger partial charge in [-0.15, -0.1) is 0 Å². The minimum Gasteiger partial charge on any atom is -0.330 e. The Kier molecular flexibility index (Phi) is 4.53. The molecule has 122 valence electrons. The molecular weight excluding hydrogens is 326 g/mol. The second-order valence-electron chi connectivity index (χ2n) is 5.46. The van der Waals surface area contributed by atoms with Gasteiger partial charge in [0.25, 0.3) is 0 Å². The summed E-state index contributed by atoms with van der Waals surface area (Å²) >= 11 is 6.25. The Bertz CT molecular complexity index is 792. The third-order valence-electron chi connectivity index (χ3n) is 3.83. The van der Waals surface area contributed by atoms with E-state index in [2.05, 4.69) is 22.5 Å². The lowest BCUT2D eigenvalue weighted by Crippen LogP contribution is -2.51. The predicted molar refractivity (Wildman–Crippen MR) is 93.6 cm³/mol. The standard InChI is InChI=1S/C18H16ClN3O2/c1-11-15(17(23)21-12-7-3-2-4-8-12)16(22-18(24)20-11)13-9-5-6-10-14(13)19/h2-10,15-16H,1H2,(H,21,23)(H2,20,22,24). The molecule has 1 aliphatic heterocycles. The molecule has 2 atom stereocenters. The highest BCUT2D eigenvalue weighted by atomic mass is 35.5. The van der Waals surface area contributed by atoms with Crippen molar-refractivity contribution in [3.8, 4) is 0 Å². The number of amides is 3. The van der Waals surface area contributed by atoms with Crippen LogP contribution in [0.15, 0.2) is 66.9 Å². The lowest BCUT2D eigenvalue weighted by atomic mass is 9.88. The highest BCUT2D eigenvalue weighted by molar-refractivity contribution is 6.31. The van der Waals surface area contributed by atoms with Crippen molar-refractivity contribution in [2.75, 3.05) is 5.32 Å². The van der Waals surface area contributed by atoms with Gasteiger partial charge in [-0.05, 0) is 23.8 Å². The molecule has 24 heavy (non-hydrogen) atoms. The van der Waals surface area contributed by atoms with Crippen molar-refractivity contribution < 1.29 is 9.59 Å². The lowest BCUT2D eigenvalue weighted by Gasteiger charge is -2.34. The Morgan fingerprint density at radius 2 is 1.75 bits per heavy atom. The first-order valence-corrected chi connectivity index (χ1v) is 7.80. The maximum absolute atomic E-state index is 12.8. The van der Waals surface area contributed by atoms with Gasteiger partial charge in [0.1, 0.15) is 5.92 Å². The van der Waals surface area contributed by atoms with Gasteiger partial charge >= 0.3 is 6.03 Å². The van der Waals surface area contributed by atoms with Crippen LogP contribution in [0.2, 0.25) is 5.02 Å². The van der Waals surface area contributed by atoms with Crippen LogP contribution in [0.25, 0.3) is 0 Å². The molecule has 2 unspecified atom stereocenters. The maximum Gasteiger partial charge on any atom is 0.319 e. The van der Waals surface area contributed by atoms with Gasteiger partial charge in [-0.3, -0.25) is 4.79 Å². The molecule has 2 aromatic carbocycles. The fourth-order valence-corrected chi connectivity index (χ4v) is 2.97. The van der Waals surface area contributed by atoms with Crippen molar-refractivity contribution in [3.05, 3.63) is 77.5 Å². The minimum absolute atomic E-state index is 0.274. The lowest BCUT2D eigenvalue weighted by molar-refractivity contribution is -0.119. The van der Waals surface area contributed by atoms with E-state index in [1.807, 2.05) is 24.3 Å². The zero-order valence-electron chi connectivity index (χ0n) is 12.8. The van der Waals surface area contributed by atoms with Crippen LogP contribution in [0.3, 0.4) is 0 Å². The Morgan fingerprint density at radius 3 is 2.46 bits per heavy atom. The largest absolute Gasteiger partial charge is 0.330 e. The van der Waals surface area contributed by atoms with Gasteiger partial charge in [0, 0.05) is 16.4 Å². The Hall–Kier alpha value is -2.79. The summed E-state index contributed by atoms with van der Waals surface area (Å²) < 4.78 is 0. The third kappa shape index (κ3) is 3.26. The first kappa shape index (κ1) is 16.1. The molecule has 0 spiro atoms. The first-order chi connectivity index (χ1) is 11.6. The van der Waals surface area contributed by atoms with Gasteiger partial charge < -0.3 is 16.0 Å². The average Bonchev–Trinajstić information content (AvgIpc) is 2.55. The molecule has 2 aromatic rings. The molecule has 0 bridgehead atoms. The molecule has 0 saturated carbocycles. The van der Waals surface area contributed by atoms with E-state index in [1.54, 1.807) is 30.3 Å². The van der Waals surface area contributed by atoms with Gasteiger partial charge in [-0.25, -0.2) is 4.79 Å². The highest BCUT2D eigenvalue weighted by Crippen LogP contribution is 2.34. The second kappa shape index (κ2) is 6.76. The molecule has 0 aliphatic carbocycles. The summed E-state index contributed by atoms with van der Waals surface area (Å²) in [7, 11) is 0. The first-order valence-electron chi connectivity index (χ1n) is 7.43. The van der Waals surface area contributed by atoms with E-state index in [0.717, 1.165) is 0 Å². The number of carbonyl (C=O) groups excluding carboxylic acids is 2. The summed E-state index contributed by atoms with van der Waals surface area (Å²) in [6.45, 7) is 3.84. The van der Waals surface area contributed by atoms with Crippen molar-refractivity contribution in [1.29, 1.82) is 0 Å². The number of halogens is 1. The number of benzene rings is 2. The van der Waals surface area contributed by atoms with E-state index in [1.165, 1.54) is 0 Å². The number of rotatable bonds is 3. The Morgan fingerprint density at radius 1 is 1.08 bits per heavy atom. The zero-order chi connectivity index (χ0) is 17.1. The van der Waals surface area contributed by atoms with Crippen LogP contribution in [0.4, 0.5) is 10.5 Å². The fourth-order valence-electron chi connectivity index (χ4n) is 2.72. The summed E-state index contributed by atoms with van der Waals surface area (Å²) in [5.41, 5.74) is 1.67. The predicted octanol–water partition coefficient (Wildman–Crippen LogP) is 3.46. The topological polar surface area (TPSA) is 70.2 Å². The number of urea groups is 1. The summed E-state index contributed by atoms with van der Waals surface area (Å²) in [6, 6.07) is 15.2. The van der Waals surface area contributed by atoms with Gasteiger partial charge in [0.05, 0.1) is 6.04 Å². The summed E-state index contributed by atoms with van der Waals surface area (Å²) in [5, 5.41) is 8.65. The van der Waals surface area contributed by atoms with Crippen LogP contribution in [0.5, 0.6) is 0 Å². The van der Waals surface area contributed by atoms with Gasteiger partial charge in [-0.1, -0.05) is 54.6 Å². The molecule has 1 aliphatic rings. The van der Waals surface area contributed by atoms with Gasteiger partial charge in [-0.2, -0.15) is 0 Å². The second-order valence-corrected chi connectivity index (χ2v) is 5.86. The van der Waals surface area contributed by atoms with E-state index in [9.17, 15) is 9.59 Å². The van der Waals surface area contributed by atoms with E-state index in [0.29, 0.717) is 22.0 Å².